The van der Waals surface area contributed by atoms with Crippen LogP contribution in [-0.2, 0) is 0 Å². The van der Waals surface area contributed by atoms with Crippen LogP contribution in [0.15, 0.2) is 28.7 Å². The highest BCUT2D eigenvalue weighted by Gasteiger charge is 2.07. The first-order valence-electron chi connectivity index (χ1n) is 4.53. The van der Waals surface area contributed by atoms with Gasteiger partial charge in [-0.05, 0) is 24.3 Å². The topological polar surface area (TPSA) is 48.6 Å². The SMILES string of the molecule is O=Cc1cc2[nH]c3cc(Br)ccc3c2[nH]1. The lowest BCUT2D eigenvalue weighted by Crippen LogP contribution is -1.76. The van der Waals surface area contributed by atoms with E-state index in [9.17, 15) is 4.79 Å². The van der Waals surface area contributed by atoms with Crippen molar-refractivity contribution in [3.05, 3.63) is 34.4 Å². The van der Waals surface area contributed by atoms with Gasteiger partial charge >= 0.3 is 0 Å². The van der Waals surface area contributed by atoms with Crippen LogP contribution in [0, 0.1) is 0 Å². The molecule has 0 radical (unpaired) electrons. The van der Waals surface area contributed by atoms with Gasteiger partial charge in [0.15, 0.2) is 6.29 Å². The Morgan fingerprint density at radius 1 is 1.13 bits per heavy atom. The molecule has 0 bridgehead atoms. The van der Waals surface area contributed by atoms with Crippen molar-refractivity contribution >= 4 is 44.2 Å². The van der Waals surface area contributed by atoms with Crippen molar-refractivity contribution in [2.45, 2.75) is 0 Å². The summed E-state index contributed by atoms with van der Waals surface area (Å²) in [6.45, 7) is 0. The zero-order chi connectivity index (χ0) is 10.4. The number of carbonyl (C=O) groups is 1. The summed E-state index contributed by atoms with van der Waals surface area (Å²) in [6, 6.07) is 7.83. The Morgan fingerprint density at radius 2 is 2.00 bits per heavy atom. The molecule has 3 rings (SSSR count). The zero-order valence-electron chi connectivity index (χ0n) is 7.67. The van der Waals surface area contributed by atoms with Crippen molar-refractivity contribution in [1.82, 2.24) is 9.97 Å². The first-order valence-corrected chi connectivity index (χ1v) is 5.32. The van der Waals surface area contributed by atoms with E-state index in [-0.39, 0.29) is 0 Å². The minimum atomic E-state index is 0.598. The van der Waals surface area contributed by atoms with Gasteiger partial charge in [-0.25, -0.2) is 0 Å². The molecular weight excluding hydrogens is 256 g/mol. The summed E-state index contributed by atoms with van der Waals surface area (Å²) in [6.07, 6.45) is 0.818. The van der Waals surface area contributed by atoms with Gasteiger partial charge in [-0.2, -0.15) is 0 Å². The Labute approximate surface area is 93.6 Å². The van der Waals surface area contributed by atoms with Crippen molar-refractivity contribution in [3.63, 3.8) is 0 Å². The Bertz CT molecular complexity index is 666. The second kappa shape index (κ2) is 2.97. The molecule has 0 atom stereocenters. The van der Waals surface area contributed by atoms with E-state index in [2.05, 4.69) is 25.9 Å². The molecule has 0 saturated carbocycles. The Balaban J connectivity index is 2.45. The van der Waals surface area contributed by atoms with Gasteiger partial charge < -0.3 is 9.97 Å². The van der Waals surface area contributed by atoms with Crippen LogP contribution in [0.4, 0.5) is 0 Å². The van der Waals surface area contributed by atoms with E-state index in [0.717, 1.165) is 32.7 Å². The largest absolute Gasteiger partial charge is 0.353 e. The van der Waals surface area contributed by atoms with Crippen molar-refractivity contribution in [3.8, 4) is 0 Å². The van der Waals surface area contributed by atoms with Crippen LogP contribution in [0.3, 0.4) is 0 Å². The van der Waals surface area contributed by atoms with E-state index in [1.165, 1.54) is 0 Å². The number of carbonyl (C=O) groups excluding carboxylic acids is 1. The van der Waals surface area contributed by atoms with Crippen LogP contribution in [0.5, 0.6) is 0 Å². The molecule has 0 spiro atoms. The van der Waals surface area contributed by atoms with E-state index in [1.807, 2.05) is 24.3 Å². The van der Waals surface area contributed by atoms with Crippen LogP contribution < -0.4 is 0 Å². The third-order valence-electron chi connectivity index (χ3n) is 2.49. The highest BCUT2D eigenvalue weighted by molar-refractivity contribution is 9.10. The Kier molecular flexibility index (Phi) is 1.73. The summed E-state index contributed by atoms with van der Waals surface area (Å²) in [7, 11) is 0. The number of halogens is 1. The van der Waals surface area contributed by atoms with E-state index in [0.29, 0.717) is 5.69 Å². The number of aromatic nitrogens is 2. The molecule has 74 valence electrons. The molecule has 2 heterocycles. The molecule has 0 aliphatic rings. The average molecular weight is 263 g/mol. The summed E-state index contributed by atoms with van der Waals surface area (Å²) >= 11 is 3.42. The zero-order valence-corrected chi connectivity index (χ0v) is 9.26. The fourth-order valence-electron chi connectivity index (χ4n) is 1.83. The molecule has 1 aromatic carbocycles. The second-order valence-corrected chi connectivity index (χ2v) is 4.36. The predicted octanol–water partition coefficient (Wildman–Crippen LogP) is 3.22. The van der Waals surface area contributed by atoms with Gasteiger partial charge in [-0.3, -0.25) is 4.79 Å². The molecule has 2 aromatic heterocycles. The molecule has 3 aromatic rings. The third-order valence-corrected chi connectivity index (χ3v) is 2.98. The first kappa shape index (κ1) is 8.73. The number of H-pyrrole nitrogens is 2. The van der Waals surface area contributed by atoms with Crippen LogP contribution in [0.25, 0.3) is 21.9 Å². The number of hydrogen-bond acceptors (Lipinski definition) is 1. The van der Waals surface area contributed by atoms with Gasteiger partial charge in [-0.15, -0.1) is 0 Å². The lowest BCUT2D eigenvalue weighted by molar-refractivity contribution is 0.112. The number of aldehydes is 1. The van der Waals surface area contributed by atoms with Gasteiger partial charge in [0, 0.05) is 15.4 Å². The van der Waals surface area contributed by atoms with Gasteiger partial charge in [-0.1, -0.05) is 15.9 Å². The molecule has 0 fully saturated rings. The molecule has 3 nitrogen and oxygen atoms in total. The molecule has 0 amide bonds. The fourth-order valence-corrected chi connectivity index (χ4v) is 2.19. The molecule has 15 heavy (non-hydrogen) atoms. The normalized spacial score (nSPS) is 11.3. The number of nitrogens with one attached hydrogen (secondary N) is 2. The van der Waals surface area contributed by atoms with Crippen LogP contribution in [0.2, 0.25) is 0 Å². The quantitative estimate of drug-likeness (QED) is 0.650. The maximum Gasteiger partial charge on any atom is 0.166 e. The maximum absolute atomic E-state index is 10.6. The molecule has 0 saturated heterocycles. The van der Waals surface area contributed by atoms with E-state index in [1.54, 1.807) is 0 Å². The fraction of sp³-hybridized carbons (Fsp3) is 0. The lowest BCUT2D eigenvalue weighted by atomic mass is 10.2. The summed E-state index contributed by atoms with van der Waals surface area (Å²) in [5.41, 5.74) is 3.61. The van der Waals surface area contributed by atoms with Gasteiger partial charge in [0.05, 0.1) is 16.7 Å². The Morgan fingerprint density at radius 3 is 2.80 bits per heavy atom. The molecule has 0 unspecified atom stereocenters. The molecule has 2 N–H and O–H groups in total. The minimum Gasteiger partial charge on any atom is -0.353 e. The summed E-state index contributed by atoms with van der Waals surface area (Å²) < 4.78 is 1.04. The van der Waals surface area contributed by atoms with Gasteiger partial charge in [0.25, 0.3) is 0 Å². The van der Waals surface area contributed by atoms with E-state index >= 15 is 0 Å². The summed E-state index contributed by atoms with van der Waals surface area (Å²) in [4.78, 5) is 16.9. The number of rotatable bonds is 1. The van der Waals surface area contributed by atoms with Crippen LogP contribution in [-0.4, -0.2) is 16.3 Å². The average Bonchev–Trinajstić information content (AvgIpc) is 2.73. The molecule has 0 aliphatic carbocycles. The lowest BCUT2D eigenvalue weighted by Gasteiger charge is -1.91. The standard InChI is InChI=1S/C11H7BrN2O/c12-6-1-2-8-9(3-6)14-10-4-7(5-15)13-11(8)10/h1-5,13-14H. The monoisotopic (exact) mass is 262 g/mol. The molecular formula is C11H7BrN2O. The predicted molar refractivity (Wildman–Crippen MR) is 63.2 cm³/mol. The number of aromatic amines is 2. The number of fused-ring (bicyclic) bond motifs is 3. The summed E-state index contributed by atoms with van der Waals surface area (Å²) in [5, 5.41) is 1.10. The first-order chi connectivity index (χ1) is 7.28. The van der Waals surface area contributed by atoms with Crippen LogP contribution >= 0.6 is 15.9 Å². The van der Waals surface area contributed by atoms with Crippen molar-refractivity contribution in [1.29, 1.82) is 0 Å². The molecule has 0 aliphatic heterocycles. The van der Waals surface area contributed by atoms with Crippen molar-refractivity contribution in [2.75, 3.05) is 0 Å². The smallest absolute Gasteiger partial charge is 0.166 e. The van der Waals surface area contributed by atoms with Crippen molar-refractivity contribution < 1.29 is 4.79 Å². The highest BCUT2D eigenvalue weighted by atomic mass is 79.9. The number of hydrogen-bond donors (Lipinski definition) is 2. The molecule has 4 heteroatoms. The number of benzene rings is 1. The van der Waals surface area contributed by atoms with E-state index in [4.69, 9.17) is 0 Å². The maximum atomic E-state index is 10.6. The third kappa shape index (κ3) is 1.22. The van der Waals surface area contributed by atoms with E-state index < -0.39 is 0 Å². The van der Waals surface area contributed by atoms with Crippen molar-refractivity contribution in [2.24, 2.45) is 0 Å². The Hall–Kier alpha value is -1.55. The summed E-state index contributed by atoms with van der Waals surface area (Å²) in [5.74, 6) is 0. The van der Waals surface area contributed by atoms with Gasteiger partial charge in [0.1, 0.15) is 0 Å². The minimum absolute atomic E-state index is 0.598. The second-order valence-electron chi connectivity index (χ2n) is 3.45. The van der Waals surface area contributed by atoms with Gasteiger partial charge in [0.2, 0.25) is 0 Å². The van der Waals surface area contributed by atoms with Crippen LogP contribution in [0.1, 0.15) is 10.5 Å². The highest BCUT2D eigenvalue weighted by Crippen LogP contribution is 2.27.